The van der Waals surface area contributed by atoms with E-state index in [1.54, 1.807) is 0 Å². The second-order valence-electron chi connectivity index (χ2n) is 4.50. The van der Waals surface area contributed by atoms with E-state index in [-0.39, 0.29) is 17.3 Å². The molecule has 0 bridgehead atoms. The van der Waals surface area contributed by atoms with Crippen LogP contribution in [0, 0.1) is 6.92 Å². The molecular weight excluding hydrogens is 287 g/mol. The lowest BCUT2D eigenvalue weighted by atomic mass is 10.1. The number of para-hydroxylation sites is 1. The van der Waals surface area contributed by atoms with Crippen LogP contribution in [0.1, 0.15) is 16.7 Å². The predicted octanol–water partition coefficient (Wildman–Crippen LogP) is 5.28. The van der Waals surface area contributed by atoms with Crippen molar-refractivity contribution >= 4 is 17.3 Å². The normalized spacial score (nSPS) is 11.4. The van der Waals surface area contributed by atoms with E-state index < -0.39 is 11.7 Å². The first-order chi connectivity index (χ1) is 9.38. The molecule has 0 atom stereocenters. The van der Waals surface area contributed by atoms with Gasteiger partial charge in [0.25, 0.3) is 0 Å². The third kappa shape index (κ3) is 3.45. The molecule has 0 amide bonds. The molecule has 0 spiro atoms. The van der Waals surface area contributed by atoms with Crippen molar-refractivity contribution in [3.8, 4) is 0 Å². The van der Waals surface area contributed by atoms with E-state index >= 15 is 0 Å². The average molecular weight is 300 g/mol. The van der Waals surface area contributed by atoms with Crippen LogP contribution in [0.3, 0.4) is 0 Å². The number of rotatable bonds is 3. The van der Waals surface area contributed by atoms with Crippen LogP contribution in [-0.4, -0.2) is 0 Å². The molecule has 0 saturated heterocycles. The predicted molar refractivity (Wildman–Crippen MR) is 75.0 cm³/mol. The molecule has 0 aliphatic carbocycles. The number of alkyl halides is 3. The summed E-state index contributed by atoms with van der Waals surface area (Å²) in [7, 11) is 0. The van der Waals surface area contributed by atoms with Crippen molar-refractivity contribution in [3.05, 3.63) is 64.2 Å². The molecule has 0 unspecified atom stereocenters. The van der Waals surface area contributed by atoms with Crippen molar-refractivity contribution in [1.29, 1.82) is 0 Å². The highest BCUT2D eigenvalue weighted by atomic mass is 35.5. The summed E-state index contributed by atoms with van der Waals surface area (Å²) in [6.07, 6.45) is -4.43. The lowest BCUT2D eigenvalue weighted by Crippen LogP contribution is -2.11. The molecule has 2 rings (SSSR count). The van der Waals surface area contributed by atoms with Crippen LogP contribution >= 0.6 is 11.6 Å². The Hall–Kier alpha value is -1.68. The average Bonchev–Trinajstić information content (AvgIpc) is 2.36. The second-order valence-corrected chi connectivity index (χ2v) is 4.91. The fourth-order valence-corrected chi connectivity index (χ4v) is 2.19. The van der Waals surface area contributed by atoms with Crippen molar-refractivity contribution in [2.24, 2.45) is 0 Å². The maximum Gasteiger partial charge on any atom is 0.418 e. The highest BCUT2D eigenvalue weighted by Crippen LogP contribution is 2.38. The Labute approximate surface area is 120 Å². The molecule has 2 aromatic carbocycles. The molecule has 0 radical (unpaired) electrons. The number of halogens is 4. The lowest BCUT2D eigenvalue weighted by molar-refractivity contribution is -0.136. The number of benzene rings is 2. The zero-order valence-corrected chi connectivity index (χ0v) is 11.5. The Balaban J connectivity index is 2.25. The van der Waals surface area contributed by atoms with Gasteiger partial charge in [-0.2, -0.15) is 13.2 Å². The molecule has 0 saturated carbocycles. The number of hydrogen-bond acceptors (Lipinski definition) is 1. The van der Waals surface area contributed by atoms with Gasteiger partial charge >= 0.3 is 6.18 Å². The number of aryl methyl sites for hydroxylation is 1. The van der Waals surface area contributed by atoms with E-state index in [0.29, 0.717) is 0 Å². The van der Waals surface area contributed by atoms with Gasteiger partial charge in [0.15, 0.2) is 0 Å². The second kappa shape index (κ2) is 5.75. The van der Waals surface area contributed by atoms with Crippen molar-refractivity contribution in [1.82, 2.24) is 0 Å². The molecule has 0 aromatic heterocycles. The van der Waals surface area contributed by atoms with E-state index in [4.69, 9.17) is 11.6 Å². The first kappa shape index (κ1) is 14.7. The third-order valence-corrected chi connectivity index (χ3v) is 3.19. The number of nitrogens with one attached hydrogen (secondary N) is 1. The van der Waals surface area contributed by atoms with Crippen molar-refractivity contribution in [2.75, 3.05) is 5.32 Å². The van der Waals surface area contributed by atoms with Gasteiger partial charge in [0.2, 0.25) is 0 Å². The van der Waals surface area contributed by atoms with Crippen LogP contribution in [-0.2, 0) is 12.7 Å². The third-order valence-electron chi connectivity index (χ3n) is 2.87. The highest BCUT2D eigenvalue weighted by Gasteiger charge is 2.34. The first-order valence-electron chi connectivity index (χ1n) is 6.03. The highest BCUT2D eigenvalue weighted by molar-refractivity contribution is 6.33. The lowest BCUT2D eigenvalue weighted by Gasteiger charge is -2.16. The van der Waals surface area contributed by atoms with Gasteiger partial charge in [-0.25, -0.2) is 0 Å². The molecule has 2 aromatic rings. The van der Waals surface area contributed by atoms with Gasteiger partial charge in [-0.15, -0.1) is 0 Å². The van der Waals surface area contributed by atoms with Crippen LogP contribution in [0.5, 0.6) is 0 Å². The van der Waals surface area contributed by atoms with Gasteiger partial charge in [0.1, 0.15) is 0 Å². The van der Waals surface area contributed by atoms with Gasteiger partial charge in [-0.1, -0.05) is 47.5 Å². The number of hydrogen-bond donors (Lipinski definition) is 1. The summed E-state index contributed by atoms with van der Waals surface area (Å²) in [6, 6.07) is 11.3. The maximum absolute atomic E-state index is 12.9. The van der Waals surface area contributed by atoms with Gasteiger partial charge in [0, 0.05) is 6.54 Å². The fourth-order valence-electron chi connectivity index (χ4n) is 1.95. The van der Waals surface area contributed by atoms with Gasteiger partial charge in [0.05, 0.1) is 16.3 Å². The van der Waals surface area contributed by atoms with Crippen LogP contribution in [0.4, 0.5) is 18.9 Å². The molecular formula is C15H13ClF3N. The summed E-state index contributed by atoms with van der Waals surface area (Å²) in [4.78, 5) is 0. The Morgan fingerprint density at radius 3 is 2.45 bits per heavy atom. The zero-order chi connectivity index (χ0) is 14.8. The summed E-state index contributed by atoms with van der Waals surface area (Å²) >= 11 is 5.87. The summed E-state index contributed by atoms with van der Waals surface area (Å²) in [5.74, 6) is 0. The first-order valence-corrected chi connectivity index (χ1v) is 6.41. The monoisotopic (exact) mass is 299 g/mol. The van der Waals surface area contributed by atoms with E-state index in [1.807, 2.05) is 31.2 Å². The van der Waals surface area contributed by atoms with Crippen LogP contribution in [0.25, 0.3) is 0 Å². The molecule has 5 heteroatoms. The smallest absolute Gasteiger partial charge is 0.379 e. The topological polar surface area (TPSA) is 12.0 Å². The summed E-state index contributed by atoms with van der Waals surface area (Å²) < 4.78 is 38.8. The molecule has 106 valence electrons. The van der Waals surface area contributed by atoms with Gasteiger partial charge in [-0.05, 0) is 24.6 Å². The van der Waals surface area contributed by atoms with E-state index in [2.05, 4.69) is 5.32 Å². The van der Waals surface area contributed by atoms with E-state index in [0.717, 1.165) is 17.2 Å². The molecule has 1 nitrogen and oxygen atoms in total. The quantitative estimate of drug-likeness (QED) is 0.813. The zero-order valence-electron chi connectivity index (χ0n) is 10.8. The Morgan fingerprint density at radius 1 is 1.10 bits per heavy atom. The van der Waals surface area contributed by atoms with Crippen LogP contribution < -0.4 is 5.32 Å². The largest absolute Gasteiger partial charge is 0.418 e. The summed E-state index contributed by atoms with van der Waals surface area (Å²) in [5, 5.41) is 2.84. The Morgan fingerprint density at radius 2 is 1.80 bits per heavy atom. The standard InChI is InChI=1S/C15H13ClF3N/c1-10-4-2-5-11(8-10)9-20-14-12(15(17,18)19)6-3-7-13(14)16/h2-8,20H,9H2,1H3. The minimum Gasteiger partial charge on any atom is -0.379 e. The van der Waals surface area contributed by atoms with Crippen molar-refractivity contribution < 1.29 is 13.2 Å². The Kier molecular flexibility index (Phi) is 4.23. The molecule has 0 heterocycles. The maximum atomic E-state index is 12.9. The molecule has 0 aliphatic heterocycles. The molecule has 1 N–H and O–H groups in total. The molecule has 20 heavy (non-hydrogen) atoms. The van der Waals surface area contributed by atoms with Gasteiger partial charge < -0.3 is 5.32 Å². The number of anilines is 1. The summed E-state index contributed by atoms with van der Waals surface area (Å²) in [6.45, 7) is 2.22. The fraction of sp³-hybridized carbons (Fsp3) is 0.200. The van der Waals surface area contributed by atoms with E-state index in [1.165, 1.54) is 12.1 Å². The van der Waals surface area contributed by atoms with Crippen LogP contribution in [0.2, 0.25) is 5.02 Å². The minimum absolute atomic E-state index is 0.0625. The van der Waals surface area contributed by atoms with Crippen LogP contribution in [0.15, 0.2) is 42.5 Å². The minimum atomic E-state index is -4.43. The van der Waals surface area contributed by atoms with Crippen molar-refractivity contribution in [2.45, 2.75) is 19.6 Å². The molecule has 0 fully saturated rings. The molecule has 0 aliphatic rings. The SMILES string of the molecule is Cc1cccc(CNc2c(Cl)cccc2C(F)(F)F)c1. The van der Waals surface area contributed by atoms with Gasteiger partial charge in [-0.3, -0.25) is 0 Å². The Bertz CT molecular complexity index is 608. The van der Waals surface area contributed by atoms with Crippen molar-refractivity contribution in [3.63, 3.8) is 0 Å². The van der Waals surface area contributed by atoms with E-state index in [9.17, 15) is 13.2 Å². The summed E-state index contributed by atoms with van der Waals surface area (Å²) in [5.41, 5.74) is 1.12.